The van der Waals surface area contributed by atoms with E-state index in [0.717, 1.165) is 47.6 Å². The first-order valence-corrected chi connectivity index (χ1v) is 11.5. The van der Waals surface area contributed by atoms with Gasteiger partial charge < -0.3 is 18.9 Å². The molecule has 1 heterocycles. The summed E-state index contributed by atoms with van der Waals surface area (Å²) < 4.78 is 22.1. The van der Waals surface area contributed by atoms with Gasteiger partial charge in [0.15, 0.2) is 11.5 Å². The number of rotatable bonds is 7. The molecule has 0 N–H and O–H groups in total. The quantitative estimate of drug-likeness (QED) is 0.406. The molecule has 0 bridgehead atoms. The summed E-state index contributed by atoms with van der Waals surface area (Å²) in [6.07, 6.45) is 3.29. The Kier molecular flexibility index (Phi) is 5.95. The fourth-order valence-corrected chi connectivity index (χ4v) is 4.72. The van der Waals surface area contributed by atoms with E-state index in [1.807, 2.05) is 24.3 Å². The summed E-state index contributed by atoms with van der Waals surface area (Å²) >= 11 is 0. The third kappa shape index (κ3) is 4.40. The lowest BCUT2D eigenvalue weighted by Crippen LogP contribution is -2.08. The van der Waals surface area contributed by atoms with Gasteiger partial charge in [0.1, 0.15) is 11.9 Å². The molecular formula is C28H28O5. The Morgan fingerprint density at radius 2 is 1.76 bits per heavy atom. The summed E-state index contributed by atoms with van der Waals surface area (Å²) in [5, 5.41) is 0. The van der Waals surface area contributed by atoms with Gasteiger partial charge in [-0.25, -0.2) is 0 Å². The third-order valence-corrected chi connectivity index (χ3v) is 6.64. The Labute approximate surface area is 194 Å². The van der Waals surface area contributed by atoms with Crippen molar-refractivity contribution >= 4 is 5.97 Å². The van der Waals surface area contributed by atoms with Crippen molar-refractivity contribution in [1.29, 1.82) is 0 Å². The fourth-order valence-electron chi connectivity index (χ4n) is 4.72. The van der Waals surface area contributed by atoms with Gasteiger partial charge >= 0.3 is 5.97 Å². The van der Waals surface area contributed by atoms with Crippen molar-refractivity contribution in [3.63, 3.8) is 0 Å². The summed E-state index contributed by atoms with van der Waals surface area (Å²) in [5.41, 5.74) is 6.01. The largest absolute Gasteiger partial charge is 0.486 e. The molecule has 0 fully saturated rings. The molecule has 2 atom stereocenters. The monoisotopic (exact) mass is 444 g/mol. The van der Waals surface area contributed by atoms with Crippen molar-refractivity contribution in [2.45, 2.75) is 44.6 Å². The van der Waals surface area contributed by atoms with Gasteiger partial charge in [-0.3, -0.25) is 4.79 Å². The third-order valence-electron chi connectivity index (χ3n) is 6.64. The minimum absolute atomic E-state index is 0.0497. The molecule has 3 aromatic rings. The number of esters is 1. The lowest BCUT2D eigenvalue weighted by atomic mass is 9.93. The zero-order valence-corrected chi connectivity index (χ0v) is 19.0. The van der Waals surface area contributed by atoms with Crippen molar-refractivity contribution in [1.82, 2.24) is 0 Å². The fraction of sp³-hybridized carbons (Fsp3) is 0.321. The van der Waals surface area contributed by atoms with Crippen molar-refractivity contribution in [3.05, 3.63) is 77.4 Å². The molecule has 1 aliphatic carbocycles. The van der Waals surface area contributed by atoms with Crippen molar-refractivity contribution < 1.29 is 23.7 Å². The molecule has 1 aliphatic heterocycles. The Balaban J connectivity index is 1.29. The van der Waals surface area contributed by atoms with Crippen LogP contribution in [0.2, 0.25) is 0 Å². The number of fused-ring (bicyclic) bond motifs is 2. The maximum absolute atomic E-state index is 11.7. The van der Waals surface area contributed by atoms with Gasteiger partial charge in [-0.05, 0) is 77.3 Å². The summed E-state index contributed by atoms with van der Waals surface area (Å²) in [6.45, 7) is 2.37. The van der Waals surface area contributed by atoms with E-state index >= 15 is 0 Å². The van der Waals surface area contributed by atoms with Gasteiger partial charge in [0.25, 0.3) is 0 Å². The molecule has 5 rings (SSSR count). The number of hydrogen-bond donors (Lipinski definition) is 0. The molecule has 5 nitrogen and oxygen atoms in total. The number of carbonyl (C=O) groups is 1. The molecule has 33 heavy (non-hydrogen) atoms. The van der Waals surface area contributed by atoms with Gasteiger partial charge in [-0.15, -0.1) is 0 Å². The molecule has 1 unspecified atom stereocenters. The molecular weight excluding hydrogens is 416 g/mol. The minimum atomic E-state index is -0.176. The first kappa shape index (κ1) is 21.4. The van der Waals surface area contributed by atoms with Crippen LogP contribution in [-0.4, -0.2) is 19.9 Å². The van der Waals surface area contributed by atoms with E-state index in [4.69, 9.17) is 18.9 Å². The zero-order valence-electron chi connectivity index (χ0n) is 19.0. The van der Waals surface area contributed by atoms with Crippen LogP contribution >= 0.6 is 0 Å². The van der Waals surface area contributed by atoms with Crippen LogP contribution in [0.5, 0.6) is 17.2 Å². The normalized spacial score (nSPS) is 16.8. The second-order valence-electron chi connectivity index (χ2n) is 8.58. The van der Waals surface area contributed by atoms with Crippen LogP contribution in [-0.2, 0) is 16.0 Å². The average Bonchev–Trinajstić information content (AvgIpc) is 3.49. The van der Waals surface area contributed by atoms with Crippen LogP contribution < -0.4 is 14.2 Å². The van der Waals surface area contributed by atoms with Gasteiger partial charge in [0.05, 0.1) is 13.5 Å². The number of aryl methyl sites for hydroxylation is 1. The van der Waals surface area contributed by atoms with Crippen LogP contribution in [0, 0.1) is 0 Å². The smallest absolute Gasteiger partial charge is 0.306 e. The number of ether oxygens (including phenoxy) is 4. The van der Waals surface area contributed by atoms with Crippen molar-refractivity contribution in [2.75, 3.05) is 13.9 Å². The predicted octanol–water partition coefficient (Wildman–Crippen LogP) is 6.21. The topological polar surface area (TPSA) is 54.0 Å². The summed E-state index contributed by atoms with van der Waals surface area (Å²) in [6, 6.07) is 20.8. The van der Waals surface area contributed by atoms with E-state index in [9.17, 15) is 4.79 Å². The highest BCUT2D eigenvalue weighted by atomic mass is 16.7. The molecule has 3 aromatic carbocycles. The lowest BCUT2D eigenvalue weighted by Gasteiger charge is -2.18. The predicted molar refractivity (Wildman–Crippen MR) is 126 cm³/mol. The first-order chi connectivity index (χ1) is 16.1. The maximum atomic E-state index is 11.7. The highest BCUT2D eigenvalue weighted by molar-refractivity contribution is 5.70. The molecule has 0 aromatic heterocycles. The van der Waals surface area contributed by atoms with Crippen molar-refractivity contribution in [3.8, 4) is 28.4 Å². The maximum Gasteiger partial charge on any atom is 0.306 e. The van der Waals surface area contributed by atoms with Crippen LogP contribution in [0.4, 0.5) is 0 Å². The molecule has 0 saturated carbocycles. The van der Waals surface area contributed by atoms with E-state index < -0.39 is 0 Å². The van der Waals surface area contributed by atoms with Crippen LogP contribution in [0.15, 0.2) is 60.7 Å². The standard InChI is InChI=1S/C28H28O5/c1-3-18(16-28(29)30-2)19-4-9-23(10-5-19)33-25-12-8-22-14-20(6-11-24(22)25)21-7-13-26-27(15-21)32-17-31-26/h4-7,9-11,13-15,18,25H,3,8,12,16-17H2,1-2H3/t18-,25?/m1/s1. The number of methoxy groups -OCH3 is 1. The highest BCUT2D eigenvalue weighted by Gasteiger charge is 2.25. The van der Waals surface area contributed by atoms with E-state index in [2.05, 4.69) is 43.3 Å². The minimum Gasteiger partial charge on any atom is -0.486 e. The zero-order chi connectivity index (χ0) is 22.8. The van der Waals surface area contributed by atoms with Crippen molar-refractivity contribution in [2.24, 2.45) is 0 Å². The van der Waals surface area contributed by atoms with E-state index in [1.165, 1.54) is 23.8 Å². The molecule has 0 radical (unpaired) electrons. The second-order valence-corrected chi connectivity index (χ2v) is 8.58. The SMILES string of the molecule is CC[C@H](CC(=O)OC)c1ccc(OC2CCc3cc(-c4ccc5c(c4)OCO5)ccc32)cc1. The molecule has 0 amide bonds. The Bertz CT molecular complexity index is 1150. The highest BCUT2D eigenvalue weighted by Crippen LogP contribution is 2.40. The van der Waals surface area contributed by atoms with Crippen LogP contribution in [0.25, 0.3) is 11.1 Å². The van der Waals surface area contributed by atoms with Crippen LogP contribution in [0.3, 0.4) is 0 Å². The summed E-state index contributed by atoms with van der Waals surface area (Å²) in [4.78, 5) is 11.7. The summed E-state index contributed by atoms with van der Waals surface area (Å²) in [7, 11) is 1.43. The lowest BCUT2D eigenvalue weighted by molar-refractivity contribution is -0.141. The average molecular weight is 445 g/mol. The number of carbonyl (C=O) groups excluding carboxylic acids is 1. The molecule has 170 valence electrons. The molecule has 2 aliphatic rings. The van der Waals surface area contributed by atoms with E-state index in [-0.39, 0.29) is 24.8 Å². The number of hydrogen-bond acceptors (Lipinski definition) is 5. The Hall–Kier alpha value is -3.47. The Morgan fingerprint density at radius 3 is 2.55 bits per heavy atom. The summed E-state index contributed by atoms with van der Waals surface area (Å²) in [5.74, 6) is 2.44. The first-order valence-electron chi connectivity index (χ1n) is 11.5. The van der Waals surface area contributed by atoms with Gasteiger partial charge in [0, 0.05) is 0 Å². The second kappa shape index (κ2) is 9.18. The van der Waals surface area contributed by atoms with E-state index in [1.54, 1.807) is 0 Å². The van der Waals surface area contributed by atoms with Gasteiger partial charge in [-0.2, -0.15) is 0 Å². The Morgan fingerprint density at radius 1 is 1.00 bits per heavy atom. The molecule has 0 saturated heterocycles. The van der Waals surface area contributed by atoms with E-state index in [0.29, 0.717) is 6.42 Å². The van der Waals surface area contributed by atoms with Crippen LogP contribution in [0.1, 0.15) is 54.9 Å². The van der Waals surface area contributed by atoms with Gasteiger partial charge in [0.2, 0.25) is 6.79 Å². The molecule has 0 spiro atoms. The van der Waals surface area contributed by atoms with Gasteiger partial charge in [-0.1, -0.05) is 43.3 Å². The number of benzene rings is 3. The molecule has 5 heteroatoms.